The lowest BCUT2D eigenvalue weighted by Crippen LogP contribution is -2.20. The first-order chi connectivity index (χ1) is 16.4. The molecule has 0 unspecified atom stereocenters. The molecule has 1 heterocycles. The highest BCUT2D eigenvalue weighted by Crippen LogP contribution is 2.34. The number of nitrogens with zero attached hydrogens (tertiary/aromatic N) is 1. The van der Waals surface area contributed by atoms with Gasteiger partial charge in [-0.15, -0.1) is 0 Å². The number of allylic oxidation sites excluding steroid dienone is 1. The zero-order chi connectivity index (χ0) is 25.5. The van der Waals surface area contributed by atoms with Gasteiger partial charge in [0, 0.05) is 11.1 Å². The van der Waals surface area contributed by atoms with Crippen molar-refractivity contribution < 1.29 is 17.9 Å². The Kier molecular flexibility index (Phi) is 6.45. The van der Waals surface area contributed by atoms with Gasteiger partial charge in [-0.05, 0) is 67.6 Å². The van der Waals surface area contributed by atoms with Gasteiger partial charge in [0.25, 0.3) is 0 Å². The molecular weight excluding hydrogens is 458 g/mol. The van der Waals surface area contributed by atoms with Crippen molar-refractivity contribution in [3.63, 3.8) is 0 Å². The summed E-state index contributed by atoms with van der Waals surface area (Å²) in [5, 5.41) is 0. The number of sulfone groups is 1. The molecule has 0 saturated heterocycles. The topological polar surface area (TPSA) is 73.3 Å². The van der Waals surface area contributed by atoms with Gasteiger partial charge in [-0.25, -0.2) is 13.4 Å². The summed E-state index contributed by atoms with van der Waals surface area (Å²) in [4.78, 5) is 18.3. The van der Waals surface area contributed by atoms with Crippen molar-refractivity contribution in [2.45, 2.75) is 58.3 Å². The summed E-state index contributed by atoms with van der Waals surface area (Å²) in [6.45, 7) is 12.0. The molecule has 1 aromatic heterocycles. The Bertz CT molecular complexity index is 1440. The number of carbonyl (C=O) groups is 1. The number of benzene rings is 2. The average molecular weight is 490 g/mol. The van der Waals surface area contributed by atoms with Crippen LogP contribution in [-0.4, -0.2) is 24.9 Å². The predicted octanol–water partition coefficient (Wildman–Crippen LogP) is 6.32. The molecule has 35 heavy (non-hydrogen) atoms. The molecule has 6 heteroatoms. The highest BCUT2D eigenvalue weighted by atomic mass is 32.2. The van der Waals surface area contributed by atoms with Gasteiger partial charge in [-0.1, -0.05) is 62.8 Å². The summed E-state index contributed by atoms with van der Waals surface area (Å²) in [5.41, 5.74) is 5.19. The van der Waals surface area contributed by atoms with Crippen LogP contribution in [0.3, 0.4) is 0 Å². The van der Waals surface area contributed by atoms with Gasteiger partial charge in [-0.3, -0.25) is 4.79 Å². The van der Waals surface area contributed by atoms with Crippen molar-refractivity contribution in [2.75, 3.05) is 5.75 Å². The maximum Gasteiger partial charge on any atom is 0.230 e. The van der Waals surface area contributed by atoms with Crippen LogP contribution in [0.4, 0.5) is 0 Å². The van der Waals surface area contributed by atoms with Crippen molar-refractivity contribution in [2.24, 2.45) is 0 Å². The van der Waals surface area contributed by atoms with E-state index in [9.17, 15) is 13.2 Å². The molecule has 5 nitrogen and oxygen atoms in total. The fourth-order valence-electron chi connectivity index (χ4n) is 4.43. The van der Waals surface area contributed by atoms with Crippen LogP contribution in [-0.2, 0) is 21.7 Å². The lowest BCUT2D eigenvalue weighted by molar-refractivity contribution is 0.101. The second kappa shape index (κ2) is 9.08. The Labute approximate surface area is 207 Å². The number of aryl methyl sites for hydroxylation is 3. The van der Waals surface area contributed by atoms with E-state index in [-0.39, 0.29) is 21.8 Å². The number of aromatic nitrogens is 1. The van der Waals surface area contributed by atoms with Crippen LogP contribution in [0.25, 0.3) is 6.08 Å². The number of rotatable bonds is 6. The van der Waals surface area contributed by atoms with Gasteiger partial charge in [0.2, 0.25) is 5.88 Å². The largest absolute Gasteiger partial charge is 0.438 e. The van der Waals surface area contributed by atoms with Crippen molar-refractivity contribution in [1.29, 1.82) is 0 Å². The van der Waals surface area contributed by atoms with Gasteiger partial charge in [-0.2, -0.15) is 0 Å². The fraction of sp³-hybridized carbons (Fsp3) is 0.310. The molecule has 0 N–H and O–H groups in total. The second-order valence-electron chi connectivity index (χ2n) is 10.2. The van der Waals surface area contributed by atoms with Crippen molar-refractivity contribution in [3.8, 4) is 11.6 Å². The maximum atomic E-state index is 13.4. The summed E-state index contributed by atoms with van der Waals surface area (Å²) < 4.78 is 32.8. The fourth-order valence-corrected chi connectivity index (χ4v) is 5.91. The third kappa shape index (κ3) is 5.08. The third-order valence-electron chi connectivity index (χ3n) is 6.17. The number of hydrogen-bond donors (Lipinski definition) is 0. The summed E-state index contributed by atoms with van der Waals surface area (Å²) in [6, 6.07) is 12.6. The van der Waals surface area contributed by atoms with Crippen molar-refractivity contribution in [3.05, 3.63) is 87.6 Å². The molecule has 0 amide bonds. The van der Waals surface area contributed by atoms with Gasteiger partial charge in [0.05, 0.1) is 10.5 Å². The van der Waals surface area contributed by atoms with E-state index >= 15 is 0 Å². The molecule has 2 aromatic carbocycles. The molecule has 3 aromatic rings. The average Bonchev–Trinajstić information content (AvgIpc) is 3.24. The van der Waals surface area contributed by atoms with E-state index in [4.69, 9.17) is 4.74 Å². The number of Topliss-reactive ketones (excluding diaryl/α,β-unsaturated/α-hetero) is 1. The van der Waals surface area contributed by atoms with Gasteiger partial charge < -0.3 is 4.74 Å². The van der Waals surface area contributed by atoms with Crippen molar-refractivity contribution >= 4 is 21.7 Å². The van der Waals surface area contributed by atoms with E-state index in [2.05, 4.69) is 4.98 Å². The smallest absolute Gasteiger partial charge is 0.230 e. The summed E-state index contributed by atoms with van der Waals surface area (Å²) in [6.07, 6.45) is 4.43. The first kappa shape index (κ1) is 24.9. The highest BCUT2D eigenvalue weighted by molar-refractivity contribution is 7.92. The maximum absolute atomic E-state index is 13.4. The summed E-state index contributed by atoms with van der Waals surface area (Å²) in [7, 11) is -3.87. The SMILES string of the molecule is Cc1cc(C)c(Oc2nc(C(C)(C)C)ccc2C(=O)CS(=O)(=O)c2cccc3c2C=CC3)c(C)c1. The lowest BCUT2D eigenvalue weighted by Gasteiger charge is -2.21. The quantitative estimate of drug-likeness (QED) is 0.379. The Hall–Kier alpha value is -3.25. The normalized spacial score (nSPS) is 13.1. The minimum atomic E-state index is -3.87. The molecule has 0 fully saturated rings. The first-order valence-corrected chi connectivity index (χ1v) is 13.3. The van der Waals surface area contributed by atoms with Crippen LogP contribution in [0.15, 0.2) is 53.4 Å². The van der Waals surface area contributed by atoms with Gasteiger partial charge in [0.15, 0.2) is 15.6 Å². The van der Waals surface area contributed by atoms with Crippen LogP contribution in [0.1, 0.15) is 64.6 Å². The van der Waals surface area contributed by atoms with Crippen molar-refractivity contribution in [1.82, 2.24) is 4.98 Å². The molecule has 0 aliphatic heterocycles. The number of pyridine rings is 1. The van der Waals surface area contributed by atoms with E-state index in [1.807, 2.05) is 71.9 Å². The molecular formula is C29H31NO4S. The number of carbonyl (C=O) groups excluding carboxylic acids is 1. The molecule has 4 rings (SSSR count). The number of fused-ring (bicyclic) bond motifs is 1. The molecule has 0 atom stereocenters. The van der Waals surface area contributed by atoms with Crippen LogP contribution in [0.5, 0.6) is 11.6 Å². The number of hydrogen-bond acceptors (Lipinski definition) is 5. The Balaban J connectivity index is 1.75. The number of ketones is 1. The number of ether oxygens (including phenoxy) is 1. The van der Waals surface area contributed by atoms with Gasteiger partial charge >= 0.3 is 0 Å². The van der Waals surface area contributed by atoms with Crippen LogP contribution in [0.2, 0.25) is 0 Å². The Morgan fingerprint density at radius 3 is 2.37 bits per heavy atom. The Morgan fingerprint density at radius 1 is 1.03 bits per heavy atom. The van der Waals surface area contributed by atoms with Crippen LogP contribution >= 0.6 is 0 Å². The van der Waals surface area contributed by atoms with E-state index in [1.165, 1.54) is 0 Å². The molecule has 1 aliphatic rings. The minimum Gasteiger partial charge on any atom is -0.438 e. The molecule has 1 aliphatic carbocycles. The highest BCUT2D eigenvalue weighted by Gasteiger charge is 2.28. The lowest BCUT2D eigenvalue weighted by atomic mass is 9.91. The van der Waals surface area contributed by atoms with Crippen LogP contribution < -0.4 is 4.74 Å². The Morgan fingerprint density at radius 2 is 1.71 bits per heavy atom. The van der Waals surface area contributed by atoms with E-state index in [0.29, 0.717) is 17.7 Å². The van der Waals surface area contributed by atoms with Crippen LogP contribution in [0, 0.1) is 20.8 Å². The predicted molar refractivity (Wildman–Crippen MR) is 139 cm³/mol. The third-order valence-corrected chi connectivity index (χ3v) is 7.84. The molecule has 182 valence electrons. The zero-order valence-electron chi connectivity index (χ0n) is 21.1. The zero-order valence-corrected chi connectivity index (χ0v) is 21.9. The van der Waals surface area contributed by atoms with E-state index < -0.39 is 21.4 Å². The molecule has 0 saturated carbocycles. The first-order valence-electron chi connectivity index (χ1n) is 11.7. The van der Waals surface area contributed by atoms with Gasteiger partial charge in [0.1, 0.15) is 11.5 Å². The summed E-state index contributed by atoms with van der Waals surface area (Å²) in [5.74, 6) is -0.450. The minimum absolute atomic E-state index is 0.130. The molecule has 0 spiro atoms. The van der Waals surface area contributed by atoms with E-state index in [0.717, 1.165) is 27.9 Å². The molecule has 0 radical (unpaired) electrons. The summed E-state index contributed by atoms with van der Waals surface area (Å²) >= 11 is 0. The second-order valence-corrected chi connectivity index (χ2v) is 12.2. The monoisotopic (exact) mass is 489 g/mol. The molecule has 0 bridgehead atoms. The van der Waals surface area contributed by atoms with E-state index in [1.54, 1.807) is 24.3 Å². The standard InChI is InChI=1S/C29H31NO4S/c1-18-15-19(2)27(20(3)16-18)34-28-23(13-14-26(30-28)29(4,5)6)24(31)17-35(32,33)25-12-8-10-21-9-7-11-22(21)25/h7-8,10-16H,9,17H2,1-6H3.